The Morgan fingerprint density at radius 2 is 2.00 bits per heavy atom. The van der Waals surface area contributed by atoms with E-state index in [1.165, 1.54) is 6.07 Å². The standard InChI is InChI=1S/C14H15N3O4/c1-16-8-4-5-9-10(7-8)14(21)17(13(9)20)11(12(15)19)3-2-6-18/h4-7,11,16H,2-3H2,1H3,(H2,15,19). The Morgan fingerprint density at radius 1 is 1.33 bits per heavy atom. The fraction of sp³-hybridized carbons (Fsp3) is 0.286. The third kappa shape index (κ3) is 2.49. The van der Waals surface area contributed by atoms with Gasteiger partial charge in [0.25, 0.3) is 11.8 Å². The van der Waals surface area contributed by atoms with Gasteiger partial charge >= 0.3 is 0 Å². The van der Waals surface area contributed by atoms with Crippen LogP contribution < -0.4 is 11.1 Å². The molecule has 0 aromatic heterocycles. The van der Waals surface area contributed by atoms with E-state index in [4.69, 9.17) is 5.73 Å². The monoisotopic (exact) mass is 289 g/mol. The summed E-state index contributed by atoms with van der Waals surface area (Å²) in [7, 11) is 1.69. The van der Waals surface area contributed by atoms with Crippen LogP contribution in [0.2, 0.25) is 0 Å². The first-order chi connectivity index (χ1) is 10.0. The number of carbonyl (C=O) groups excluding carboxylic acids is 4. The average Bonchev–Trinajstić information content (AvgIpc) is 2.72. The number of rotatable bonds is 6. The Labute approximate surface area is 121 Å². The summed E-state index contributed by atoms with van der Waals surface area (Å²) in [6.07, 6.45) is 0.694. The molecule has 0 saturated heterocycles. The average molecular weight is 289 g/mol. The van der Waals surface area contributed by atoms with Crippen LogP contribution >= 0.6 is 0 Å². The van der Waals surface area contributed by atoms with Gasteiger partial charge in [-0.1, -0.05) is 0 Å². The normalized spacial score (nSPS) is 14.8. The van der Waals surface area contributed by atoms with Crippen molar-refractivity contribution in [2.75, 3.05) is 12.4 Å². The van der Waals surface area contributed by atoms with Crippen LogP contribution in [0.25, 0.3) is 0 Å². The molecule has 110 valence electrons. The van der Waals surface area contributed by atoms with E-state index in [9.17, 15) is 19.2 Å². The highest BCUT2D eigenvalue weighted by atomic mass is 16.2. The van der Waals surface area contributed by atoms with Crippen molar-refractivity contribution < 1.29 is 19.2 Å². The molecule has 0 bridgehead atoms. The molecule has 1 heterocycles. The summed E-state index contributed by atoms with van der Waals surface area (Å²) in [4.78, 5) is 47.5. The molecule has 1 atom stereocenters. The van der Waals surface area contributed by atoms with Crippen LogP contribution in [0.3, 0.4) is 0 Å². The molecule has 2 rings (SSSR count). The lowest BCUT2D eigenvalue weighted by molar-refractivity contribution is -0.122. The van der Waals surface area contributed by atoms with Crippen molar-refractivity contribution in [3.63, 3.8) is 0 Å². The lowest BCUT2D eigenvalue weighted by atomic mass is 10.1. The molecule has 0 spiro atoms. The smallest absolute Gasteiger partial charge is 0.262 e. The maximum atomic E-state index is 12.4. The van der Waals surface area contributed by atoms with E-state index < -0.39 is 23.8 Å². The van der Waals surface area contributed by atoms with Crippen molar-refractivity contribution in [1.29, 1.82) is 0 Å². The minimum atomic E-state index is -1.11. The maximum absolute atomic E-state index is 12.4. The summed E-state index contributed by atoms with van der Waals surface area (Å²) in [5, 5.41) is 2.87. The zero-order chi connectivity index (χ0) is 15.6. The zero-order valence-corrected chi connectivity index (χ0v) is 11.5. The summed E-state index contributed by atoms with van der Waals surface area (Å²) in [6, 6.07) is 3.63. The minimum Gasteiger partial charge on any atom is -0.388 e. The number of benzene rings is 1. The van der Waals surface area contributed by atoms with E-state index in [-0.39, 0.29) is 24.0 Å². The zero-order valence-electron chi connectivity index (χ0n) is 11.5. The molecule has 1 aromatic rings. The first-order valence-corrected chi connectivity index (χ1v) is 6.44. The number of hydrogen-bond acceptors (Lipinski definition) is 5. The van der Waals surface area contributed by atoms with Gasteiger partial charge in [-0.15, -0.1) is 0 Å². The third-order valence-corrected chi connectivity index (χ3v) is 3.40. The van der Waals surface area contributed by atoms with Crippen LogP contribution in [0.1, 0.15) is 33.6 Å². The Balaban J connectivity index is 2.39. The molecule has 3 amide bonds. The van der Waals surface area contributed by atoms with E-state index in [2.05, 4.69) is 5.32 Å². The van der Waals surface area contributed by atoms with Crippen molar-refractivity contribution in [3.05, 3.63) is 29.3 Å². The van der Waals surface area contributed by atoms with Crippen LogP contribution in [-0.4, -0.2) is 42.0 Å². The molecular weight excluding hydrogens is 274 g/mol. The first kappa shape index (κ1) is 14.7. The van der Waals surface area contributed by atoms with Gasteiger partial charge in [0.1, 0.15) is 12.3 Å². The van der Waals surface area contributed by atoms with E-state index in [0.29, 0.717) is 12.0 Å². The molecule has 7 nitrogen and oxygen atoms in total. The summed E-state index contributed by atoms with van der Waals surface area (Å²) in [6.45, 7) is 0. The number of carbonyl (C=O) groups is 4. The Morgan fingerprint density at radius 3 is 2.57 bits per heavy atom. The third-order valence-electron chi connectivity index (χ3n) is 3.40. The number of nitrogens with two attached hydrogens (primary N) is 1. The summed E-state index contributed by atoms with van der Waals surface area (Å²) >= 11 is 0. The van der Waals surface area contributed by atoms with Crippen LogP contribution in [0, 0.1) is 0 Å². The molecule has 3 N–H and O–H groups in total. The van der Waals surface area contributed by atoms with Gasteiger partial charge in [0.05, 0.1) is 11.1 Å². The molecule has 0 aliphatic carbocycles. The Kier molecular flexibility index (Phi) is 4.02. The summed E-state index contributed by atoms with van der Waals surface area (Å²) in [5.74, 6) is -1.94. The summed E-state index contributed by atoms with van der Waals surface area (Å²) in [5.41, 5.74) is 6.40. The quantitative estimate of drug-likeness (QED) is 0.572. The second kappa shape index (κ2) is 5.74. The van der Waals surface area contributed by atoms with Gasteiger partial charge in [0, 0.05) is 19.2 Å². The predicted octanol–water partition coefficient (Wildman–Crippen LogP) is 0.157. The molecule has 1 unspecified atom stereocenters. The number of nitrogens with zero attached hydrogens (tertiary/aromatic N) is 1. The van der Waals surface area contributed by atoms with Crippen LogP contribution in [0.5, 0.6) is 0 Å². The number of amides is 3. The molecule has 1 aliphatic rings. The number of hydrogen-bond donors (Lipinski definition) is 2. The number of nitrogens with one attached hydrogen (secondary N) is 1. The molecule has 0 radical (unpaired) electrons. The fourth-order valence-corrected chi connectivity index (χ4v) is 2.32. The van der Waals surface area contributed by atoms with Gasteiger partial charge in [0.2, 0.25) is 5.91 Å². The van der Waals surface area contributed by atoms with Gasteiger partial charge in [0.15, 0.2) is 0 Å². The van der Waals surface area contributed by atoms with Gasteiger partial charge in [-0.3, -0.25) is 19.3 Å². The molecule has 1 aromatic carbocycles. The topological polar surface area (TPSA) is 110 Å². The summed E-state index contributed by atoms with van der Waals surface area (Å²) < 4.78 is 0. The van der Waals surface area contributed by atoms with Crippen LogP contribution in [-0.2, 0) is 9.59 Å². The van der Waals surface area contributed by atoms with Crippen molar-refractivity contribution in [1.82, 2.24) is 4.90 Å². The largest absolute Gasteiger partial charge is 0.388 e. The van der Waals surface area contributed by atoms with Crippen molar-refractivity contribution in [2.45, 2.75) is 18.9 Å². The van der Waals surface area contributed by atoms with E-state index in [0.717, 1.165) is 4.90 Å². The lowest BCUT2D eigenvalue weighted by Crippen LogP contribution is -2.47. The second-order valence-corrected chi connectivity index (χ2v) is 4.65. The van der Waals surface area contributed by atoms with Crippen molar-refractivity contribution in [2.24, 2.45) is 5.73 Å². The van der Waals surface area contributed by atoms with E-state index in [1.807, 2.05) is 0 Å². The maximum Gasteiger partial charge on any atom is 0.262 e. The fourth-order valence-electron chi connectivity index (χ4n) is 2.32. The van der Waals surface area contributed by atoms with Crippen molar-refractivity contribution in [3.8, 4) is 0 Å². The Bertz CT molecular complexity index is 627. The first-order valence-electron chi connectivity index (χ1n) is 6.44. The molecule has 0 fully saturated rings. The number of aldehydes is 1. The highest BCUT2D eigenvalue weighted by Crippen LogP contribution is 2.28. The molecular formula is C14H15N3O4. The number of imide groups is 1. The highest BCUT2D eigenvalue weighted by Gasteiger charge is 2.41. The highest BCUT2D eigenvalue weighted by molar-refractivity contribution is 6.23. The number of fused-ring (bicyclic) bond motifs is 1. The number of anilines is 1. The van der Waals surface area contributed by atoms with E-state index >= 15 is 0 Å². The molecule has 7 heteroatoms. The second-order valence-electron chi connectivity index (χ2n) is 4.65. The lowest BCUT2D eigenvalue weighted by Gasteiger charge is -2.22. The van der Waals surface area contributed by atoms with Gasteiger partial charge < -0.3 is 15.8 Å². The van der Waals surface area contributed by atoms with Crippen LogP contribution in [0.15, 0.2) is 18.2 Å². The predicted molar refractivity (Wildman–Crippen MR) is 74.8 cm³/mol. The van der Waals surface area contributed by atoms with E-state index in [1.54, 1.807) is 19.2 Å². The molecule has 0 saturated carbocycles. The SMILES string of the molecule is CNc1ccc2c(c1)C(=O)N(C(CCC=O)C(N)=O)C2=O. The van der Waals surface area contributed by atoms with Gasteiger partial charge in [-0.25, -0.2) is 0 Å². The van der Waals surface area contributed by atoms with Gasteiger partial charge in [-0.2, -0.15) is 0 Å². The van der Waals surface area contributed by atoms with Crippen molar-refractivity contribution >= 4 is 29.7 Å². The molecule has 21 heavy (non-hydrogen) atoms. The Hall–Kier alpha value is -2.70. The van der Waals surface area contributed by atoms with Crippen LogP contribution in [0.4, 0.5) is 5.69 Å². The minimum absolute atomic E-state index is 0.0309. The molecule has 1 aliphatic heterocycles. The number of primary amides is 1. The van der Waals surface area contributed by atoms with Gasteiger partial charge in [-0.05, 0) is 24.6 Å².